The van der Waals surface area contributed by atoms with Gasteiger partial charge in [-0.05, 0) is 48.9 Å². The Morgan fingerprint density at radius 1 is 1.09 bits per heavy atom. The Morgan fingerprint density at radius 2 is 1.80 bits per heavy atom. The molecule has 35 heavy (non-hydrogen) atoms. The lowest BCUT2D eigenvalue weighted by atomic mass is 9.49. The highest BCUT2D eigenvalue weighted by atomic mass is 16.7. The van der Waals surface area contributed by atoms with E-state index in [1.54, 1.807) is 0 Å². The lowest BCUT2D eigenvalue weighted by Gasteiger charge is -2.56. The summed E-state index contributed by atoms with van der Waals surface area (Å²) in [5.41, 5.74) is 2.74. The van der Waals surface area contributed by atoms with Gasteiger partial charge in [0.15, 0.2) is 6.29 Å². The van der Waals surface area contributed by atoms with Crippen LogP contribution in [-0.4, -0.2) is 50.1 Å². The Balaban J connectivity index is 1.36. The molecule has 5 aliphatic rings. The first kappa shape index (κ1) is 25.3. The van der Waals surface area contributed by atoms with Crippen molar-refractivity contribution in [1.29, 1.82) is 0 Å². The van der Waals surface area contributed by atoms with Crippen molar-refractivity contribution in [2.75, 3.05) is 20.3 Å². The minimum Gasteiger partial charge on any atom is -0.438 e. The number of methoxy groups -OCH3 is 1. The number of rotatable bonds is 3. The summed E-state index contributed by atoms with van der Waals surface area (Å²) in [7, 11) is 1.32. The fourth-order valence-corrected chi connectivity index (χ4v) is 8.41. The van der Waals surface area contributed by atoms with Crippen LogP contribution in [0.4, 0.5) is 4.79 Å². The maximum Gasteiger partial charge on any atom is 0.508 e. The van der Waals surface area contributed by atoms with Gasteiger partial charge in [-0.2, -0.15) is 0 Å². The van der Waals surface area contributed by atoms with Crippen molar-refractivity contribution < 1.29 is 28.8 Å². The first-order valence-electron chi connectivity index (χ1n) is 13.6. The lowest BCUT2D eigenvalue weighted by Crippen LogP contribution is -2.53. The van der Waals surface area contributed by atoms with Gasteiger partial charge < -0.3 is 24.1 Å². The predicted octanol–water partition coefficient (Wildman–Crippen LogP) is 5.64. The molecule has 0 aromatic heterocycles. The summed E-state index contributed by atoms with van der Waals surface area (Å²) in [6, 6.07) is 0. The molecule has 4 aliphatic carbocycles. The molecule has 196 valence electrons. The van der Waals surface area contributed by atoms with Crippen LogP contribution in [0.1, 0.15) is 73.1 Å². The van der Waals surface area contributed by atoms with Crippen LogP contribution in [0, 0.1) is 39.9 Å². The monoisotopic (exact) mass is 488 g/mol. The highest BCUT2D eigenvalue weighted by molar-refractivity contribution is 5.60. The second-order valence-corrected chi connectivity index (χ2v) is 13.1. The van der Waals surface area contributed by atoms with Crippen LogP contribution in [0.15, 0.2) is 23.3 Å². The Morgan fingerprint density at radius 3 is 2.49 bits per heavy atom. The highest BCUT2D eigenvalue weighted by Gasteiger charge is 2.60. The molecule has 0 bridgehead atoms. The van der Waals surface area contributed by atoms with Crippen molar-refractivity contribution in [3.63, 3.8) is 0 Å². The number of fused-ring (bicyclic) bond motifs is 5. The molecule has 0 aromatic carbocycles. The Hall–Kier alpha value is -1.37. The van der Waals surface area contributed by atoms with E-state index in [9.17, 15) is 9.90 Å². The van der Waals surface area contributed by atoms with Gasteiger partial charge in [-0.15, -0.1) is 0 Å². The third-order valence-corrected chi connectivity index (χ3v) is 10.5. The van der Waals surface area contributed by atoms with Crippen LogP contribution >= 0.6 is 0 Å². The second-order valence-electron chi connectivity index (χ2n) is 13.1. The van der Waals surface area contributed by atoms with Crippen LogP contribution in [0.3, 0.4) is 0 Å². The number of carbonyl (C=O) groups excluding carboxylic acids is 1. The van der Waals surface area contributed by atoms with Gasteiger partial charge in [0.25, 0.3) is 0 Å². The molecule has 0 amide bonds. The summed E-state index contributed by atoms with van der Waals surface area (Å²) in [6.45, 7) is 13.0. The lowest BCUT2D eigenvalue weighted by molar-refractivity contribution is -0.252. The Bertz CT molecular complexity index is 897. The van der Waals surface area contributed by atoms with E-state index in [1.165, 1.54) is 31.1 Å². The number of ether oxygens (including phenoxy) is 4. The summed E-state index contributed by atoms with van der Waals surface area (Å²) in [4.78, 5) is 11.7. The van der Waals surface area contributed by atoms with Crippen LogP contribution < -0.4 is 0 Å². The summed E-state index contributed by atoms with van der Waals surface area (Å²) in [5.74, 6) is 1.79. The van der Waals surface area contributed by atoms with E-state index in [0.717, 1.165) is 26.1 Å². The van der Waals surface area contributed by atoms with E-state index >= 15 is 0 Å². The van der Waals surface area contributed by atoms with Gasteiger partial charge in [0, 0.05) is 29.6 Å². The number of hydrogen-bond donors (Lipinski definition) is 1. The van der Waals surface area contributed by atoms with Crippen LogP contribution in [-0.2, 0) is 18.9 Å². The molecule has 6 heteroatoms. The summed E-state index contributed by atoms with van der Waals surface area (Å²) in [5, 5.41) is 11.4. The average Bonchev–Trinajstić information content (AvgIpc) is 3.16. The molecule has 1 heterocycles. The maximum atomic E-state index is 11.7. The first-order chi connectivity index (χ1) is 16.5. The molecule has 1 unspecified atom stereocenters. The standard InChI is InChI=1S/C29H44O6/c1-17(25-33-15-27(2,3)16-34-25)21-9-10-22-20-8-7-18-13-19(35-26(31)32-6)14-24(30)29(18,5)23(20)11-12-28(21,22)4/h7-8,17,19,21-25,30H,9-16H2,1-6H3/t17?,19-,21-,22+,23+,24+,28-,29+/m1/s1. The third kappa shape index (κ3) is 4.08. The Kier molecular flexibility index (Phi) is 6.42. The Labute approximate surface area is 210 Å². The van der Waals surface area contributed by atoms with Gasteiger partial charge >= 0.3 is 6.16 Å². The van der Waals surface area contributed by atoms with E-state index in [-0.39, 0.29) is 28.6 Å². The summed E-state index contributed by atoms with van der Waals surface area (Å²) in [6.07, 6.45) is 8.65. The third-order valence-electron chi connectivity index (χ3n) is 10.5. The largest absolute Gasteiger partial charge is 0.508 e. The molecule has 1 saturated heterocycles. The van der Waals surface area contributed by atoms with Crippen molar-refractivity contribution in [3.05, 3.63) is 23.3 Å². The van der Waals surface area contributed by atoms with Gasteiger partial charge in [-0.25, -0.2) is 4.79 Å². The fourth-order valence-electron chi connectivity index (χ4n) is 8.41. The van der Waals surface area contributed by atoms with Gasteiger partial charge in [-0.1, -0.05) is 57.9 Å². The zero-order valence-corrected chi connectivity index (χ0v) is 22.3. The van der Waals surface area contributed by atoms with Crippen molar-refractivity contribution in [3.8, 4) is 0 Å². The maximum absolute atomic E-state index is 11.7. The highest BCUT2D eigenvalue weighted by Crippen LogP contribution is 2.66. The molecular formula is C29H44O6. The molecule has 1 N–H and O–H groups in total. The zero-order valence-electron chi connectivity index (χ0n) is 22.3. The molecule has 3 saturated carbocycles. The molecule has 8 atom stereocenters. The van der Waals surface area contributed by atoms with E-state index in [4.69, 9.17) is 14.2 Å². The minimum absolute atomic E-state index is 0.0878. The second kappa shape index (κ2) is 8.88. The normalized spacial score (nSPS) is 43.7. The molecule has 0 radical (unpaired) electrons. The molecule has 5 rings (SSSR count). The van der Waals surface area contributed by atoms with Crippen LogP contribution in [0.25, 0.3) is 0 Å². The van der Waals surface area contributed by atoms with E-state index in [2.05, 4.69) is 51.5 Å². The molecule has 6 nitrogen and oxygen atoms in total. The van der Waals surface area contributed by atoms with E-state index in [0.29, 0.717) is 36.5 Å². The average molecular weight is 489 g/mol. The van der Waals surface area contributed by atoms with Gasteiger partial charge in [0.05, 0.1) is 26.4 Å². The van der Waals surface area contributed by atoms with Gasteiger partial charge in [-0.3, -0.25) is 0 Å². The number of carbonyl (C=O) groups is 1. The molecule has 1 aliphatic heterocycles. The fraction of sp³-hybridized carbons (Fsp3) is 0.828. The quantitative estimate of drug-likeness (QED) is 0.518. The van der Waals surface area contributed by atoms with Crippen molar-refractivity contribution in [2.24, 2.45) is 39.9 Å². The van der Waals surface area contributed by atoms with Gasteiger partial charge in [0.1, 0.15) is 6.10 Å². The van der Waals surface area contributed by atoms with Crippen LogP contribution in [0.2, 0.25) is 0 Å². The van der Waals surface area contributed by atoms with E-state index < -0.39 is 12.3 Å². The van der Waals surface area contributed by atoms with Crippen molar-refractivity contribution in [1.82, 2.24) is 0 Å². The summed E-state index contributed by atoms with van der Waals surface area (Å²) >= 11 is 0. The van der Waals surface area contributed by atoms with Crippen molar-refractivity contribution in [2.45, 2.75) is 91.6 Å². The number of hydrogen-bond acceptors (Lipinski definition) is 6. The molecular weight excluding hydrogens is 444 g/mol. The predicted molar refractivity (Wildman–Crippen MR) is 132 cm³/mol. The number of aliphatic hydroxyl groups excluding tert-OH is 1. The first-order valence-corrected chi connectivity index (χ1v) is 13.6. The van der Waals surface area contributed by atoms with Crippen LogP contribution in [0.5, 0.6) is 0 Å². The topological polar surface area (TPSA) is 74.2 Å². The molecule has 0 spiro atoms. The number of aliphatic hydroxyl groups is 1. The minimum atomic E-state index is -0.674. The smallest absolute Gasteiger partial charge is 0.438 e. The number of allylic oxidation sites excluding steroid dienone is 3. The van der Waals surface area contributed by atoms with Gasteiger partial charge in [0.2, 0.25) is 0 Å². The van der Waals surface area contributed by atoms with E-state index in [1.807, 2.05) is 0 Å². The SMILES string of the molecule is COC(=O)O[C@@H]1CC2=CC=C3[C@@H]4CC[C@H](C(C)C5OCC(C)(C)CO5)[C@@]4(C)CC[C@@H]3[C@@]2(C)[C@@H](O)C1. The van der Waals surface area contributed by atoms with Crippen molar-refractivity contribution >= 4 is 6.16 Å². The molecule has 0 aromatic rings. The zero-order chi connectivity index (χ0) is 25.2. The summed E-state index contributed by atoms with van der Waals surface area (Å²) < 4.78 is 22.6. The molecule has 4 fully saturated rings.